The van der Waals surface area contributed by atoms with Gasteiger partial charge in [0.25, 0.3) is 0 Å². The summed E-state index contributed by atoms with van der Waals surface area (Å²) in [7, 11) is 1.36. The maximum Gasteiger partial charge on any atom is 0.337 e. The molecule has 5 heteroatoms. The summed E-state index contributed by atoms with van der Waals surface area (Å²) >= 11 is 6.24. The van der Waals surface area contributed by atoms with Crippen molar-refractivity contribution in [1.29, 1.82) is 0 Å². The Morgan fingerprint density at radius 1 is 1.35 bits per heavy atom. The lowest BCUT2D eigenvalue weighted by Gasteiger charge is -2.12. The van der Waals surface area contributed by atoms with Crippen molar-refractivity contribution in [3.63, 3.8) is 0 Å². The molecule has 2 heterocycles. The van der Waals surface area contributed by atoms with Crippen LogP contribution in [0.3, 0.4) is 0 Å². The average molecular weight is 291 g/mol. The quantitative estimate of drug-likeness (QED) is 0.836. The number of benzene rings is 1. The number of esters is 1. The Morgan fingerprint density at radius 3 is 2.90 bits per heavy atom. The summed E-state index contributed by atoms with van der Waals surface area (Å²) in [6, 6.07) is 5.44. The molecule has 1 aromatic carbocycles. The molecule has 104 valence electrons. The van der Waals surface area contributed by atoms with E-state index >= 15 is 0 Å². The highest BCUT2D eigenvalue weighted by Gasteiger charge is 2.14. The van der Waals surface area contributed by atoms with Gasteiger partial charge in [-0.2, -0.15) is 0 Å². The van der Waals surface area contributed by atoms with Gasteiger partial charge in [0.05, 0.1) is 23.2 Å². The third-order valence-corrected chi connectivity index (χ3v) is 3.77. The van der Waals surface area contributed by atoms with Gasteiger partial charge in [-0.15, -0.1) is 0 Å². The molecule has 0 saturated carbocycles. The topological polar surface area (TPSA) is 54.1 Å². The van der Waals surface area contributed by atoms with Gasteiger partial charge in [-0.1, -0.05) is 17.7 Å². The number of aromatic nitrogens is 1. The van der Waals surface area contributed by atoms with Crippen LogP contribution < -0.4 is 5.32 Å². The lowest BCUT2D eigenvalue weighted by molar-refractivity contribution is 0.0601. The number of nitrogens with one attached hydrogen (secondary N) is 2. The third kappa shape index (κ3) is 2.32. The van der Waals surface area contributed by atoms with E-state index < -0.39 is 0 Å². The number of hydrogen-bond donors (Lipinski definition) is 2. The number of rotatable bonds is 2. The molecule has 0 fully saturated rings. The van der Waals surface area contributed by atoms with E-state index in [9.17, 15) is 4.79 Å². The minimum Gasteiger partial charge on any atom is -0.465 e. The molecule has 2 aromatic rings. The van der Waals surface area contributed by atoms with Crippen LogP contribution in [0.15, 0.2) is 24.3 Å². The summed E-state index contributed by atoms with van der Waals surface area (Å²) in [6.45, 7) is 1.85. The van der Waals surface area contributed by atoms with Crippen LogP contribution in [0.25, 0.3) is 16.5 Å². The lowest BCUT2D eigenvalue weighted by Crippen LogP contribution is -2.21. The molecule has 0 amide bonds. The first-order chi connectivity index (χ1) is 9.69. The molecule has 1 aliphatic heterocycles. The van der Waals surface area contributed by atoms with Gasteiger partial charge < -0.3 is 15.0 Å². The van der Waals surface area contributed by atoms with Crippen molar-refractivity contribution in [2.45, 2.75) is 6.42 Å². The second-order valence-electron chi connectivity index (χ2n) is 4.79. The molecule has 3 rings (SSSR count). The van der Waals surface area contributed by atoms with Crippen molar-refractivity contribution in [1.82, 2.24) is 10.3 Å². The van der Waals surface area contributed by atoms with Crippen molar-refractivity contribution in [3.8, 4) is 0 Å². The number of carbonyl (C=O) groups excluding carboxylic acids is 1. The van der Waals surface area contributed by atoms with E-state index in [4.69, 9.17) is 16.3 Å². The van der Waals surface area contributed by atoms with Crippen molar-refractivity contribution in [3.05, 3.63) is 40.6 Å². The van der Waals surface area contributed by atoms with Crippen molar-refractivity contribution < 1.29 is 9.53 Å². The van der Waals surface area contributed by atoms with Gasteiger partial charge in [-0.05, 0) is 36.7 Å². The van der Waals surface area contributed by atoms with E-state index in [0.29, 0.717) is 10.6 Å². The Balaban J connectivity index is 2.08. The molecule has 2 N–H and O–H groups in total. The molecular weight excluding hydrogens is 276 g/mol. The number of halogens is 1. The number of H-pyrrole nitrogens is 1. The average Bonchev–Trinajstić information content (AvgIpc) is 2.92. The minimum absolute atomic E-state index is 0.380. The molecule has 0 atom stereocenters. The Bertz CT molecular complexity index is 703. The molecule has 0 unspecified atom stereocenters. The van der Waals surface area contributed by atoms with Crippen LogP contribution >= 0.6 is 11.6 Å². The van der Waals surface area contributed by atoms with E-state index in [1.165, 1.54) is 12.7 Å². The van der Waals surface area contributed by atoms with E-state index in [-0.39, 0.29) is 5.97 Å². The number of fused-ring (bicyclic) bond motifs is 1. The first-order valence-electron chi connectivity index (χ1n) is 6.50. The number of ether oxygens (including phenoxy) is 1. The zero-order valence-electron chi connectivity index (χ0n) is 11.1. The first-order valence-corrected chi connectivity index (χ1v) is 6.87. The summed E-state index contributed by atoms with van der Waals surface area (Å²) < 4.78 is 4.73. The fourth-order valence-corrected chi connectivity index (χ4v) is 2.73. The molecule has 0 spiro atoms. The second-order valence-corrected chi connectivity index (χ2v) is 5.20. The van der Waals surface area contributed by atoms with Gasteiger partial charge in [0.2, 0.25) is 0 Å². The number of aromatic amines is 1. The molecule has 1 aliphatic rings. The highest BCUT2D eigenvalue weighted by molar-refractivity contribution is 6.35. The van der Waals surface area contributed by atoms with E-state index in [0.717, 1.165) is 36.1 Å². The SMILES string of the molecule is COC(=O)c1cc(Cl)c2[nH]c(C3=CCCNC3)cc2c1. The molecule has 0 aliphatic carbocycles. The number of carbonyl (C=O) groups is 1. The van der Waals surface area contributed by atoms with E-state index in [2.05, 4.69) is 16.4 Å². The van der Waals surface area contributed by atoms with Crippen LogP contribution in [-0.4, -0.2) is 31.2 Å². The first kappa shape index (κ1) is 13.2. The van der Waals surface area contributed by atoms with Crippen molar-refractivity contribution in [2.75, 3.05) is 20.2 Å². The molecule has 1 aromatic heterocycles. The Kier molecular flexibility index (Phi) is 3.51. The maximum absolute atomic E-state index is 11.6. The number of methoxy groups -OCH3 is 1. The predicted octanol–water partition coefficient (Wildman–Crippen LogP) is 2.98. The van der Waals surface area contributed by atoms with Crippen LogP contribution in [0, 0.1) is 0 Å². The highest BCUT2D eigenvalue weighted by Crippen LogP contribution is 2.29. The fraction of sp³-hybridized carbons (Fsp3) is 0.267. The molecule has 4 nitrogen and oxygen atoms in total. The molecule has 0 bridgehead atoms. The van der Waals surface area contributed by atoms with Crippen LogP contribution in [0.1, 0.15) is 22.5 Å². The Labute approximate surface area is 121 Å². The third-order valence-electron chi connectivity index (χ3n) is 3.47. The molecular formula is C15H15ClN2O2. The molecule has 20 heavy (non-hydrogen) atoms. The molecule has 0 radical (unpaired) electrons. The smallest absolute Gasteiger partial charge is 0.337 e. The highest BCUT2D eigenvalue weighted by atomic mass is 35.5. The maximum atomic E-state index is 11.6. The monoisotopic (exact) mass is 290 g/mol. The van der Waals surface area contributed by atoms with Gasteiger partial charge in [-0.25, -0.2) is 4.79 Å². The zero-order valence-corrected chi connectivity index (χ0v) is 11.9. The van der Waals surface area contributed by atoms with Crippen molar-refractivity contribution in [2.24, 2.45) is 0 Å². The van der Waals surface area contributed by atoms with Crippen LogP contribution in [0.4, 0.5) is 0 Å². The standard InChI is InChI=1S/C15H15ClN2O2/c1-20-15(19)11-5-10-7-13(9-3-2-4-17-8-9)18-14(10)12(16)6-11/h3,5-7,17-18H,2,4,8H2,1H3. The van der Waals surface area contributed by atoms with Gasteiger partial charge in [-0.3, -0.25) is 0 Å². The Hall–Kier alpha value is -1.78. The molecule has 0 saturated heterocycles. The normalized spacial score (nSPS) is 15.2. The van der Waals surface area contributed by atoms with Crippen molar-refractivity contribution >= 4 is 34.0 Å². The van der Waals surface area contributed by atoms with Gasteiger partial charge in [0.15, 0.2) is 0 Å². The Morgan fingerprint density at radius 2 is 2.20 bits per heavy atom. The van der Waals surface area contributed by atoms with E-state index in [1.807, 2.05) is 6.07 Å². The van der Waals surface area contributed by atoms with Gasteiger partial charge >= 0.3 is 5.97 Å². The van der Waals surface area contributed by atoms with E-state index in [1.54, 1.807) is 12.1 Å². The van der Waals surface area contributed by atoms with Gasteiger partial charge in [0, 0.05) is 17.6 Å². The number of hydrogen-bond acceptors (Lipinski definition) is 3. The predicted molar refractivity (Wildman–Crippen MR) is 80.1 cm³/mol. The summed E-state index contributed by atoms with van der Waals surface area (Å²) in [6.07, 6.45) is 3.24. The minimum atomic E-state index is -0.380. The summed E-state index contributed by atoms with van der Waals surface area (Å²) in [4.78, 5) is 14.9. The van der Waals surface area contributed by atoms with Crippen LogP contribution in [-0.2, 0) is 4.74 Å². The zero-order chi connectivity index (χ0) is 14.1. The second kappa shape index (κ2) is 5.31. The fourth-order valence-electron chi connectivity index (χ4n) is 2.46. The van der Waals surface area contributed by atoms with Gasteiger partial charge in [0.1, 0.15) is 0 Å². The lowest BCUT2D eigenvalue weighted by atomic mass is 10.1. The van der Waals surface area contributed by atoms with Crippen LogP contribution in [0.2, 0.25) is 5.02 Å². The summed E-state index contributed by atoms with van der Waals surface area (Å²) in [5.74, 6) is -0.380. The summed E-state index contributed by atoms with van der Waals surface area (Å²) in [5, 5.41) is 4.78. The largest absolute Gasteiger partial charge is 0.465 e. The van der Waals surface area contributed by atoms with Crippen LogP contribution in [0.5, 0.6) is 0 Å². The summed E-state index contributed by atoms with van der Waals surface area (Å²) in [5.41, 5.74) is 3.58.